The summed E-state index contributed by atoms with van der Waals surface area (Å²) in [7, 11) is 1.86. The normalized spacial score (nSPS) is 11.2. The van der Waals surface area contributed by atoms with Gasteiger partial charge in [-0.3, -0.25) is 4.68 Å². The van der Waals surface area contributed by atoms with E-state index in [1.54, 1.807) is 4.68 Å². The Morgan fingerprint density at radius 1 is 1.29 bits per heavy atom. The molecule has 0 saturated heterocycles. The second kappa shape index (κ2) is 3.38. The highest BCUT2D eigenvalue weighted by molar-refractivity contribution is 5.95. The van der Waals surface area contributed by atoms with Crippen molar-refractivity contribution in [3.63, 3.8) is 0 Å². The summed E-state index contributed by atoms with van der Waals surface area (Å²) in [5.41, 5.74) is 10.1. The van der Waals surface area contributed by atoms with Crippen LogP contribution < -0.4 is 5.73 Å². The zero-order valence-corrected chi connectivity index (χ0v) is 9.86. The van der Waals surface area contributed by atoms with E-state index >= 15 is 0 Å². The number of nitrogens with one attached hydrogen (secondary N) is 1. The lowest BCUT2D eigenvalue weighted by atomic mass is 10.1. The van der Waals surface area contributed by atoms with Gasteiger partial charge in [-0.25, -0.2) is 0 Å². The van der Waals surface area contributed by atoms with Crippen molar-refractivity contribution < 1.29 is 0 Å². The number of benzene rings is 1. The van der Waals surface area contributed by atoms with Crippen LogP contribution in [0.1, 0.15) is 5.56 Å². The molecule has 3 aromatic rings. The predicted octanol–water partition coefficient (Wildman–Crippen LogP) is 2.46. The molecule has 0 aliphatic heterocycles. The van der Waals surface area contributed by atoms with Crippen molar-refractivity contribution in [3.8, 4) is 11.3 Å². The van der Waals surface area contributed by atoms with Crippen LogP contribution in [0.25, 0.3) is 22.2 Å². The molecule has 86 valence electrons. The van der Waals surface area contributed by atoms with Gasteiger partial charge in [0.15, 0.2) is 0 Å². The number of nitrogens with two attached hydrogens (primary N) is 1. The summed E-state index contributed by atoms with van der Waals surface area (Å²) in [6.45, 7) is 2.00. The van der Waals surface area contributed by atoms with Crippen LogP contribution in [0, 0.1) is 6.92 Å². The van der Waals surface area contributed by atoms with Crippen molar-refractivity contribution >= 4 is 16.7 Å². The maximum absolute atomic E-state index is 5.94. The van der Waals surface area contributed by atoms with Crippen molar-refractivity contribution in [3.05, 3.63) is 36.0 Å². The van der Waals surface area contributed by atoms with Crippen molar-refractivity contribution in [2.24, 2.45) is 7.05 Å². The fraction of sp³-hybridized carbons (Fsp3) is 0.154. The zero-order valence-electron chi connectivity index (χ0n) is 9.86. The number of hydrogen-bond acceptors (Lipinski definition) is 2. The molecule has 0 radical (unpaired) electrons. The average molecular weight is 226 g/mol. The standard InChI is InChI=1S/C13H14N4/c1-8-12(16-17(2)13(8)14)10-7-15-11-6-4-3-5-9(10)11/h3-7,15H,14H2,1-2H3. The Hall–Kier alpha value is -2.23. The number of nitrogen functional groups attached to an aromatic ring is 1. The largest absolute Gasteiger partial charge is 0.384 e. The quantitative estimate of drug-likeness (QED) is 0.669. The molecule has 0 atom stereocenters. The molecule has 2 heterocycles. The molecule has 0 spiro atoms. The van der Waals surface area contributed by atoms with Crippen LogP contribution in [0.15, 0.2) is 30.5 Å². The average Bonchev–Trinajstić information content (AvgIpc) is 2.86. The van der Waals surface area contributed by atoms with Gasteiger partial charge in [0.05, 0.1) is 5.69 Å². The van der Waals surface area contributed by atoms with Crippen LogP contribution in [0.3, 0.4) is 0 Å². The van der Waals surface area contributed by atoms with Crippen LogP contribution in [0.4, 0.5) is 5.82 Å². The van der Waals surface area contributed by atoms with Gasteiger partial charge in [-0.15, -0.1) is 0 Å². The van der Waals surface area contributed by atoms with E-state index in [1.165, 1.54) is 5.39 Å². The summed E-state index contributed by atoms with van der Waals surface area (Å²) < 4.78 is 1.71. The van der Waals surface area contributed by atoms with E-state index in [9.17, 15) is 0 Å². The number of fused-ring (bicyclic) bond motifs is 1. The minimum atomic E-state index is 0.713. The molecule has 0 unspecified atom stereocenters. The first-order valence-electron chi connectivity index (χ1n) is 5.54. The molecule has 2 aromatic heterocycles. The topological polar surface area (TPSA) is 59.6 Å². The Bertz CT molecular complexity index is 691. The first-order valence-corrected chi connectivity index (χ1v) is 5.54. The van der Waals surface area contributed by atoms with E-state index in [4.69, 9.17) is 5.73 Å². The highest BCUT2D eigenvalue weighted by Gasteiger charge is 2.14. The number of nitrogens with zero attached hydrogens (tertiary/aromatic N) is 2. The molecule has 0 aliphatic carbocycles. The fourth-order valence-electron chi connectivity index (χ4n) is 2.17. The van der Waals surface area contributed by atoms with Crippen molar-refractivity contribution in [2.45, 2.75) is 6.92 Å². The molecule has 4 heteroatoms. The van der Waals surface area contributed by atoms with Gasteiger partial charge in [-0.2, -0.15) is 5.10 Å². The van der Waals surface area contributed by atoms with Crippen molar-refractivity contribution in [1.82, 2.24) is 14.8 Å². The lowest BCUT2D eigenvalue weighted by molar-refractivity contribution is 0.782. The molecular weight excluding hydrogens is 212 g/mol. The first kappa shape index (κ1) is 9.96. The number of anilines is 1. The van der Waals surface area contributed by atoms with Gasteiger partial charge in [-0.1, -0.05) is 18.2 Å². The molecular formula is C13H14N4. The molecule has 3 N–H and O–H groups in total. The van der Waals surface area contributed by atoms with Crippen LogP contribution in [0.5, 0.6) is 0 Å². The number of H-pyrrole nitrogens is 1. The molecule has 0 bridgehead atoms. The molecule has 0 aliphatic rings. The monoisotopic (exact) mass is 226 g/mol. The minimum absolute atomic E-state index is 0.713. The summed E-state index contributed by atoms with van der Waals surface area (Å²) in [4.78, 5) is 3.25. The van der Waals surface area contributed by atoms with E-state index < -0.39 is 0 Å². The first-order chi connectivity index (χ1) is 8.18. The Kier molecular flexibility index (Phi) is 1.98. The highest BCUT2D eigenvalue weighted by atomic mass is 15.3. The van der Waals surface area contributed by atoms with Gasteiger partial charge in [0.25, 0.3) is 0 Å². The molecule has 3 rings (SSSR count). The van der Waals surface area contributed by atoms with E-state index in [1.807, 2.05) is 32.3 Å². The van der Waals surface area contributed by atoms with E-state index in [0.717, 1.165) is 22.3 Å². The second-order valence-electron chi connectivity index (χ2n) is 4.23. The number of hydrogen-bond donors (Lipinski definition) is 2. The number of rotatable bonds is 1. The Morgan fingerprint density at radius 2 is 2.06 bits per heavy atom. The smallest absolute Gasteiger partial charge is 0.124 e. The Morgan fingerprint density at radius 3 is 2.76 bits per heavy atom. The van der Waals surface area contributed by atoms with Crippen LogP contribution >= 0.6 is 0 Å². The summed E-state index contributed by atoms with van der Waals surface area (Å²) in [6.07, 6.45) is 1.99. The molecule has 0 amide bonds. The molecule has 4 nitrogen and oxygen atoms in total. The lowest BCUT2D eigenvalue weighted by Gasteiger charge is -1.96. The van der Waals surface area contributed by atoms with Gasteiger partial charge >= 0.3 is 0 Å². The summed E-state index contributed by atoms with van der Waals surface area (Å²) in [6, 6.07) is 8.19. The van der Waals surface area contributed by atoms with Crippen molar-refractivity contribution in [2.75, 3.05) is 5.73 Å². The van der Waals surface area contributed by atoms with E-state index in [2.05, 4.69) is 22.2 Å². The summed E-state index contributed by atoms with van der Waals surface area (Å²) >= 11 is 0. The molecule has 1 aromatic carbocycles. The molecule has 17 heavy (non-hydrogen) atoms. The van der Waals surface area contributed by atoms with Gasteiger partial charge < -0.3 is 10.7 Å². The van der Waals surface area contributed by atoms with Gasteiger partial charge in [-0.05, 0) is 13.0 Å². The van der Waals surface area contributed by atoms with Gasteiger partial charge in [0.2, 0.25) is 0 Å². The third kappa shape index (κ3) is 1.34. The second-order valence-corrected chi connectivity index (χ2v) is 4.23. The summed E-state index contributed by atoms with van der Waals surface area (Å²) in [5, 5.41) is 5.65. The van der Waals surface area contributed by atoms with Gasteiger partial charge in [0, 0.05) is 35.3 Å². The number of aryl methyl sites for hydroxylation is 1. The number of aromatic amines is 1. The summed E-state index contributed by atoms with van der Waals surface area (Å²) in [5.74, 6) is 0.713. The van der Waals surface area contributed by atoms with E-state index in [0.29, 0.717) is 5.82 Å². The fourth-order valence-corrected chi connectivity index (χ4v) is 2.17. The van der Waals surface area contributed by atoms with Crippen LogP contribution in [-0.2, 0) is 7.05 Å². The van der Waals surface area contributed by atoms with Crippen LogP contribution in [-0.4, -0.2) is 14.8 Å². The van der Waals surface area contributed by atoms with Crippen molar-refractivity contribution in [1.29, 1.82) is 0 Å². The van der Waals surface area contributed by atoms with Crippen LogP contribution in [0.2, 0.25) is 0 Å². The number of para-hydroxylation sites is 1. The minimum Gasteiger partial charge on any atom is -0.384 e. The maximum Gasteiger partial charge on any atom is 0.124 e. The predicted molar refractivity (Wildman–Crippen MR) is 69.7 cm³/mol. The third-order valence-electron chi connectivity index (χ3n) is 3.18. The Balaban J connectivity index is 2.31. The van der Waals surface area contributed by atoms with Gasteiger partial charge in [0.1, 0.15) is 5.82 Å². The third-order valence-corrected chi connectivity index (χ3v) is 3.18. The zero-order chi connectivity index (χ0) is 12.0. The maximum atomic E-state index is 5.94. The highest BCUT2D eigenvalue weighted by Crippen LogP contribution is 2.31. The molecule has 0 fully saturated rings. The SMILES string of the molecule is Cc1c(-c2c[nH]c3ccccc23)nn(C)c1N. The van der Waals surface area contributed by atoms with E-state index in [-0.39, 0.29) is 0 Å². The lowest BCUT2D eigenvalue weighted by Crippen LogP contribution is -1.97. The molecule has 0 saturated carbocycles. The number of aromatic nitrogens is 3. The Labute approximate surface area is 99.1 Å².